The highest BCUT2D eigenvalue weighted by Gasteiger charge is 2.27. The number of benzene rings is 1. The second-order valence-corrected chi connectivity index (χ2v) is 7.88. The molecule has 0 atom stereocenters. The van der Waals surface area contributed by atoms with Gasteiger partial charge in [-0.1, -0.05) is 12.1 Å². The van der Waals surface area contributed by atoms with Gasteiger partial charge in [-0.2, -0.15) is 0 Å². The van der Waals surface area contributed by atoms with E-state index in [0.717, 1.165) is 25.8 Å². The third kappa shape index (κ3) is 5.70. The molecule has 0 saturated carbocycles. The molecule has 1 aliphatic heterocycles. The van der Waals surface area contributed by atoms with Gasteiger partial charge in [-0.05, 0) is 44.3 Å². The van der Waals surface area contributed by atoms with E-state index in [2.05, 4.69) is 5.32 Å². The largest absolute Gasteiger partial charge is 0.320 e. The second kappa shape index (κ2) is 9.31. The van der Waals surface area contributed by atoms with Crippen molar-refractivity contribution in [1.29, 1.82) is 0 Å². The zero-order valence-corrected chi connectivity index (χ0v) is 15.3. The van der Waals surface area contributed by atoms with Crippen LogP contribution in [0.15, 0.2) is 24.3 Å². The van der Waals surface area contributed by atoms with Crippen LogP contribution in [-0.4, -0.2) is 44.3 Å². The van der Waals surface area contributed by atoms with Crippen LogP contribution in [0, 0.1) is 16.0 Å². The molecular formula is C15H24ClN3O4S. The molecule has 0 aliphatic carbocycles. The Morgan fingerprint density at radius 1 is 1.25 bits per heavy atom. The number of nitrogens with one attached hydrogen (secondary N) is 1. The maximum absolute atomic E-state index is 12.5. The van der Waals surface area contributed by atoms with Crippen LogP contribution in [0.2, 0.25) is 0 Å². The first kappa shape index (κ1) is 20.8. The van der Waals surface area contributed by atoms with E-state index >= 15 is 0 Å². The minimum Gasteiger partial charge on any atom is -0.320 e. The fourth-order valence-corrected chi connectivity index (χ4v) is 4.40. The lowest BCUT2D eigenvalue weighted by Crippen LogP contribution is -2.39. The van der Waals surface area contributed by atoms with Crippen LogP contribution in [0.5, 0.6) is 0 Å². The van der Waals surface area contributed by atoms with Crippen LogP contribution in [0.25, 0.3) is 0 Å². The van der Waals surface area contributed by atoms with Gasteiger partial charge in [0.05, 0.1) is 10.7 Å². The average molecular weight is 378 g/mol. The van der Waals surface area contributed by atoms with Gasteiger partial charge >= 0.3 is 0 Å². The maximum Gasteiger partial charge on any atom is 0.269 e. The highest BCUT2D eigenvalue weighted by Crippen LogP contribution is 2.24. The average Bonchev–Trinajstić information content (AvgIpc) is 2.53. The van der Waals surface area contributed by atoms with Crippen LogP contribution in [-0.2, 0) is 15.8 Å². The van der Waals surface area contributed by atoms with Gasteiger partial charge in [-0.25, -0.2) is 12.7 Å². The Morgan fingerprint density at radius 2 is 1.83 bits per heavy atom. The number of sulfonamides is 1. The zero-order chi connectivity index (χ0) is 16.9. The van der Waals surface area contributed by atoms with Gasteiger partial charge < -0.3 is 5.32 Å². The van der Waals surface area contributed by atoms with Gasteiger partial charge in [0, 0.05) is 25.2 Å². The Hall–Kier alpha value is -1.22. The van der Waals surface area contributed by atoms with E-state index in [1.165, 1.54) is 24.3 Å². The fourth-order valence-electron chi connectivity index (χ4n) is 2.84. The molecule has 2 rings (SSSR count). The standard InChI is InChI=1S/C15H23N3O4S.ClH/c1-16-9-6-13-7-10-17(11-8-13)23(21,22)12-14-2-4-15(5-3-14)18(19)20;/h2-5,13,16H,6-12H2,1H3;1H. The van der Waals surface area contributed by atoms with Gasteiger partial charge in [0.2, 0.25) is 10.0 Å². The third-order valence-corrected chi connectivity index (χ3v) is 6.12. The van der Waals surface area contributed by atoms with Crippen molar-refractivity contribution in [2.45, 2.75) is 25.0 Å². The summed E-state index contributed by atoms with van der Waals surface area (Å²) in [5, 5.41) is 13.7. The molecule has 0 aromatic heterocycles. The number of nitrogens with zero attached hydrogens (tertiary/aromatic N) is 2. The number of hydrogen-bond donors (Lipinski definition) is 1. The second-order valence-electron chi connectivity index (χ2n) is 5.91. The summed E-state index contributed by atoms with van der Waals surface area (Å²) in [5.74, 6) is 0.472. The summed E-state index contributed by atoms with van der Waals surface area (Å²) < 4.78 is 26.5. The molecular weight excluding hydrogens is 354 g/mol. The van der Waals surface area contributed by atoms with E-state index in [4.69, 9.17) is 0 Å². The van der Waals surface area contributed by atoms with Gasteiger partial charge in [0.15, 0.2) is 0 Å². The van der Waals surface area contributed by atoms with E-state index in [9.17, 15) is 18.5 Å². The van der Waals surface area contributed by atoms with Crippen LogP contribution in [0.1, 0.15) is 24.8 Å². The Bertz CT molecular complexity index is 629. The fraction of sp³-hybridized carbons (Fsp3) is 0.600. The SMILES string of the molecule is CNCCC1CCN(S(=O)(=O)Cc2ccc([N+](=O)[O-])cc2)CC1.Cl. The zero-order valence-electron chi connectivity index (χ0n) is 13.7. The van der Waals surface area contributed by atoms with Crippen molar-refractivity contribution in [2.75, 3.05) is 26.7 Å². The lowest BCUT2D eigenvalue weighted by molar-refractivity contribution is -0.384. The van der Waals surface area contributed by atoms with E-state index in [-0.39, 0.29) is 23.8 Å². The minimum absolute atomic E-state index is 0. The van der Waals surface area contributed by atoms with Crippen LogP contribution < -0.4 is 5.32 Å². The van der Waals surface area contributed by atoms with Crippen molar-refractivity contribution in [3.8, 4) is 0 Å². The van der Waals surface area contributed by atoms with Crippen LogP contribution >= 0.6 is 12.4 Å². The Labute approximate surface area is 149 Å². The number of non-ortho nitro benzene ring substituents is 1. The summed E-state index contributed by atoms with van der Waals surface area (Å²) >= 11 is 0. The van der Waals surface area contributed by atoms with Gasteiger partial charge in [0.25, 0.3) is 5.69 Å². The summed E-state index contributed by atoms with van der Waals surface area (Å²) in [5.41, 5.74) is 0.546. The molecule has 0 spiro atoms. The number of hydrogen-bond acceptors (Lipinski definition) is 5. The molecule has 24 heavy (non-hydrogen) atoms. The summed E-state index contributed by atoms with van der Waals surface area (Å²) in [6.07, 6.45) is 2.86. The minimum atomic E-state index is -3.37. The molecule has 9 heteroatoms. The van der Waals surface area contributed by atoms with Gasteiger partial charge in [0.1, 0.15) is 0 Å². The van der Waals surface area contributed by atoms with Gasteiger partial charge in [-0.3, -0.25) is 10.1 Å². The first-order valence-corrected chi connectivity index (χ1v) is 9.39. The molecule has 1 aliphatic rings. The van der Waals surface area contributed by atoms with E-state index < -0.39 is 14.9 Å². The Kier molecular flexibility index (Phi) is 8.08. The quantitative estimate of drug-likeness (QED) is 0.580. The lowest BCUT2D eigenvalue weighted by Gasteiger charge is -2.31. The van der Waals surface area contributed by atoms with Crippen LogP contribution in [0.4, 0.5) is 5.69 Å². The highest BCUT2D eigenvalue weighted by atomic mass is 35.5. The molecule has 1 N–H and O–H groups in total. The van der Waals surface area contributed by atoms with Crippen molar-refractivity contribution in [1.82, 2.24) is 9.62 Å². The number of nitro benzene ring substituents is 1. The van der Waals surface area contributed by atoms with Crippen molar-refractivity contribution in [3.05, 3.63) is 39.9 Å². The van der Waals surface area contributed by atoms with E-state index in [1.807, 2.05) is 7.05 Å². The molecule has 1 heterocycles. The molecule has 0 bridgehead atoms. The monoisotopic (exact) mass is 377 g/mol. The summed E-state index contributed by atoms with van der Waals surface area (Å²) in [7, 11) is -1.45. The molecule has 1 fully saturated rings. The Morgan fingerprint density at radius 3 is 2.33 bits per heavy atom. The third-order valence-electron chi connectivity index (χ3n) is 4.27. The molecule has 1 aromatic rings. The lowest BCUT2D eigenvalue weighted by atomic mass is 9.95. The van der Waals surface area contributed by atoms with E-state index in [1.54, 1.807) is 4.31 Å². The molecule has 1 aromatic carbocycles. The van der Waals surface area contributed by atoms with Crippen molar-refractivity contribution in [3.63, 3.8) is 0 Å². The van der Waals surface area contributed by atoms with Crippen molar-refractivity contribution in [2.24, 2.45) is 5.92 Å². The Balaban J connectivity index is 0.00000288. The predicted molar refractivity (Wildman–Crippen MR) is 95.8 cm³/mol. The van der Waals surface area contributed by atoms with Crippen molar-refractivity contribution >= 4 is 28.1 Å². The molecule has 1 saturated heterocycles. The topological polar surface area (TPSA) is 92.6 Å². The molecule has 0 amide bonds. The number of piperidine rings is 1. The number of halogens is 1. The summed E-state index contributed by atoms with van der Waals surface area (Å²) in [4.78, 5) is 10.1. The van der Waals surface area contributed by atoms with E-state index in [0.29, 0.717) is 24.6 Å². The smallest absolute Gasteiger partial charge is 0.269 e. The van der Waals surface area contributed by atoms with Gasteiger partial charge in [-0.15, -0.1) is 12.4 Å². The van der Waals surface area contributed by atoms with Crippen molar-refractivity contribution < 1.29 is 13.3 Å². The molecule has 7 nitrogen and oxygen atoms in total. The summed E-state index contributed by atoms with van der Waals surface area (Å²) in [6, 6.07) is 5.70. The molecule has 136 valence electrons. The molecule has 0 unspecified atom stereocenters. The number of rotatable bonds is 7. The maximum atomic E-state index is 12.5. The summed E-state index contributed by atoms with van der Waals surface area (Å²) in [6.45, 7) is 2.08. The van der Waals surface area contributed by atoms with Crippen LogP contribution in [0.3, 0.4) is 0 Å². The normalized spacial score (nSPS) is 16.5. The highest BCUT2D eigenvalue weighted by molar-refractivity contribution is 7.88. The number of nitro groups is 1. The first-order chi connectivity index (χ1) is 10.9. The molecule has 0 radical (unpaired) electrons. The first-order valence-electron chi connectivity index (χ1n) is 7.78. The predicted octanol–water partition coefficient (Wildman–Crippen LogP) is 2.17.